The first-order chi connectivity index (χ1) is 11.4. The highest BCUT2D eigenvalue weighted by atomic mass is 35.5. The molecule has 0 radical (unpaired) electrons. The number of hydrogen-bond donors (Lipinski definition) is 3. The number of benzene rings is 1. The Morgan fingerprint density at radius 3 is 2.52 bits per heavy atom. The molecule has 25 heavy (non-hydrogen) atoms. The average molecular weight is 372 g/mol. The van der Waals surface area contributed by atoms with Crippen molar-refractivity contribution in [2.75, 3.05) is 18.4 Å². The van der Waals surface area contributed by atoms with Crippen molar-refractivity contribution < 1.29 is 18.4 Å². The molecule has 5 nitrogen and oxygen atoms in total. The van der Waals surface area contributed by atoms with Crippen molar-refractivity contribution in [3.05, 3.63) is 29.8 Å². The smallest absolute Gasteiger partial charge is 0.263 e. The third-order valence-corrected chi connectivity index (χ3v) is 5.57. The van der Waals surface area contributed by atoms with Crippen molar-refractivity contribution >= 4 is 29.9 Å². The molecule has 3 fully saturated rings. The van der Waals surface area contributed by atoms with Crippen LogP contribution in [-0.2, 0) is 15.0 Å². The lowest BCUT2D eigenvalue weighted by atomic mass is 9.87. The Bertz CT molecular complexity index is 698. The van der Waals surface area contributed by atoms with Crippen molar-refractivity contribution in [1.29, 1.82) is 0 Å². The number of alkyl halides is 2. The highest BCUT2D eigenvalue weighted by Crippen LogP contribution is 2.69. The van der Waals surface area contributed by atoms with Gasteiger partial charge in [-0.15, -0.1) is 12.4 Å². The van der Waals surface area contributed by atoms with Gasteiger partial charge in [0.2, 0.25) is 11.8 Å². The summed E-state index contributed by atoms with van der Waals surface area (Å²) in [7, 11) is 0. The van der Waals surface area contributed by atoms with Crippen LogP contribution in [0.3, 0.4) is 0 Å². The largest absolute Gasteiger partial charge is 0.374 e. The summed E-state index contributed by atoms with van der Waals surface area (Å²) in [5.41, 5.74) is 0.317. The van der Waals surface area contributed by atoms with Crippen LogP contribution in [0, 0.1) is 5.92 Å². The van der Waals surface area contributed by atoms with Crippen LogP contribution < -0.4 is 16.0 Å². The van der Waals surface area contributed by atoms with E-state index in [1.807, 2.05) is 0 Å². The van der Waals surface area contributed by atoms with E-state index in [0.29, 0.717) is 43.6 Å². The van der Waals surface area contributed by atoms with Gasteiger partial charge in [-0.3, -0.25) is 14.9 Å². The summed E-state index contributed by atoms with van der Waals surface area (Å²) in [6, 6.07) is 6.46. The fraction of sp³-hybridized carbons (Fsp3) is 0.529. The van der Waals surface area contributed by atoms with Gasteiger partial charge in [0, 0.05) is 18.7 Å². The van der Waals surface area contributed by atoms with E-state index in [1.165, 1.54) is 0 Å². The maximum atomic E-state index is 14.3. The fourth-order valence-corrected chi connectivity index (χ4v) is 4.14. The first-order valence-electron chi connectivity index (χ1n) is 8.24. The second kappa shape index (κ2) is 6.21. The van der Waals surface area contributed by atoms with Gasteiger partial charge in [0.1, 0.15) is 6.04 Å². The second-order valence-corrected chi connectivity index (χ2v) is 6.83. The zero-order valence-corrected chi connectivity index (χ0v) is 14.3. The topological polar surface area (TPSA) is 70.2 Å². The van der Waals surface area contributed by atoms with Gasteiger partial charge in [-0.2, -0.15) is 0 Å². The average Bonchev–Trinajstić information content (AvgIpc) is 3.09. The molecular weight excluding hydrogens is 352 g/mol. The highest BCUT2D eigenvalue weighted by Gasteiger charge is 2.80. The fourth-order valence-electron chi connectivity index (χ4n) is 4.14. The van der Waals surface area contributed by atoms with E-state index < -0.39 is 23.3 Å². The number of imide groups is 1. The van der Waals surface area contributed by atoms with E-state index in [1.54, 1.807) is 24.3 Å². The van der Waals surface area contributed by atoms with Gasteiger partial charge >= 0.3 is 0 Å². The van der Waals surface area contributed by atoms with Crippen LogP contribution in [-0.4, -0.2) is 36.9 Å². The third kappa shape index (κ3) is 2.69. The monoisotopic (exact) mass is 371 g/mol. The first kappa shape index (κ1) is 18.1. The van der Waals surface area contributed by atoms with Gasteiger partial charge in [-0.25, -0.2) is 8.78 Å². The number of carbonyl (C=O) groups excluding carboxylic acids is 2. The molecule has 8 heteroatoms. The minimum Gasteiger partial charge on any atom is -0.374 e. The Morgan fingerprint density at radius 2 is 1.88 bits per heavy atom. The summed E-state index contributed by atoms with van der Waals surface area (Å²) >= 11 is 0. The van der Waals surface area contributed by atoms with Crippen LogP contribution in [0.1, 0.15) is 24.8 Å². The number of piperidine rings is 2. The quantitative estimate of drug-likeness (QED) is 0.709. The van der Waals surface area contributed by atoms with Crippen LogP contribution in [0.2, 0.25) is 0 Å². The predicted molar refractivity (Wildman–Crippen MR) is 91.1 cm³/mol. The van der Waals surface area contributed by atoms with Crippen LogP contribution >= 0.6 is 12.4 Å². The summed E-state index contributed by atoms with van der Waals surface area (Å²) < 4.78 is 28.5. The van der Waals surface area contributed by atoms with Crippen molar-refractivity contribution in [3.63, 3.8) is 0 Å². The third-order valence-electron chi connectivity index (χ3n) is 5.57. The van der Waals surface area contributed by atoms with Gasteiger partial charge in [0.05, 0.1) is 11.3 Å². The summed E-state index contributed by atoms with van der Waals surface area (Å²) in [6.45, 7) is 0.950. The van der Waals surface area contributed by atoms with E-state index in [4.69, 9.17) is 0 Å². The molecule has 2 amide bonds. The van der Waals surface area contributed by atoms with Gasteiger partial charge in [-0.1, -0.05) is 12.1 Å². The molecule has 2 aliphatic heterocycles. The SMILES string of the molecule is Cl.O=C1CC[C@H](Nc2ccc([C@@]34CCNC[C@@H]3C4(F)F)cc2)C(=O)N1. The maximum Gasteiger partial charge on any atom is 0.263 e. The van der Waals surface area contributed by atoms with E-state index in [0.717, 1.165) is 0 Å². The molecule has 1 aliphatic carbocycles. The molecule has 0 bridgehead atoms. The number of hydrogen-bond acceptors (Lipinski definition) is 4. The molecule has 3 aliphatic rings. The Labute approximate surface area is 150 Å². The summed E-state index contributed by atoms with van der Waals surface area (Å²) in [5.74, 6) is -3.90. The maximum absolute atomic E-state index is 14.3. The Kier molecular flexibility index (Phi) is 4.49. The van der Waals surface area contributed by atoms with Gasteiger partial charge in [-0.05, 0) is 37.1 Å². The number of nitrogens with one attached hydrogen (secondary N) is 3. The molecule has 2 saturated heterocycles. The van der Waals surface area contributed by atoms with E-state index in [-0.39, 0.29) is 24.2 Å². The molecule has 1 aromatic carbocycles. The Morgan fingerprint density at radius 1 is 1.16 bits per heavy atom. The van der Waals surface area contributed by atoms with Gasteiger partial charge in [0.15, 0.2) is 0 Å². The summed E-state index contributed by atoms with van der Waals surface area (Å²) in [6.07, 6.45) is 1.16. The molecule has 3 atom stereocenters. The number of anilines is 1. The van der Waals surface area contributed by atoms with E-state index in [2.05, 4.69) is 16.0 Å². The minimum absolute atomic E-state index is 0. The standard InChI is InChI=1S/C17H19F2N3O2.ClH/c18-17(19)13-9-20-8-7-16(13,17)10-1-3-11(4-2-10)21-12-5-6-14(23)22-15(12)24;/h1-4,12-13,20-21H,5-9H2,(H,22,23,24);1H/t12-,13-,16-;/m0./s1. The van der Waals surface area contributed by atoms with Crippen LogP contribution in [0.15, 0.2) is 24.3 Å². The van der Waals surface area contributed by atoms with Crippen molar-refractivity contribution in [2.24, 2.45) is 5.92 Å². The van der Waals surface area contributed by atoms with Crippen LogP contribution in [0.25, 0.3) is 0 Å². The van der Waals surface area contributed by atoms with Crippen LogP contribution in [0.5, 0.6) is 0 Å². The molecule has 1 saturated carbocycles. The highest BCUT2D eigenvalue weighted by molar-refractivity contribution is 6.01. The molecule has 0 spiro atoms. The molecular formula is C17H20ClF2N3O2. The molecule has 3 N–H and O–H groups in total. The lowest BCUT2D eigenvalue weighted by Gasteiger charge is -2.24. The van der Waals surface area contributed by atoms with Crippen molar-refractivity contribution in [2.45, 2.75) is 36.6 Å². The predicted octanol–water partition coefficient (Wildman–Crippen LogP) is 1.82. The molecule has 136 valence electrons. The summed E-state index contributed by atoms with van der Waals surface area (Å²) in [5, 5.41) is 8.39. The number of fused-ring (bicyclic) bond motifs is 1. The normalized spacial score (nSPS) is 32.9. The lowest BCUT2D eigenvalue weighted by Crippen LogP contribution is -2.47. The second-order valence-electron chi connectivity index (χ2n) is 6.83. The van der Waals surface area contributed by atoms with Crippen molar-refractivity contribution in [3.8, 4) is 0 Å². The molecule has 0 aromatic heterocycles. The Balaban J connectivity index is 0.00000182. The molecule has 0 unspecified atom stereocenters. The number of rotatable bonds is 3. The first-order valence-corrected chi connectivity index (χ1v) is 8.24. The zero-order valence-electron chi connectivity index (χ0n) is 13.5. The number of halogens is 3. The minimum atomic E-state index is -2.66. The molecule has 4 rings (SSSR count). The van der Waals surface area contributed by atoms with E-state index >= 15 is 0 Å². The van der Waals surface area contributed by atoms with Gasteiger partial charge in [0.25, 0.3) is 5.92 Å². The van der Waals surface area contributed by atoms with Crippen molar-refractivity contribution in [1.82, 2.24) is 10.6 Å². The summed E-state index contributed by atoms with van der Waals surface area (Å²) in [4.78, 5) is 22.9. The van der Waals surface area contributed by atoms with Crippen LogP contribution in [0.4, 0.5) is 14.5 Å². The Hall–Kier alpha value is -1.73. The zero-order chi connectivity index (χ0) is 16.9. The molecule has 2 heterocycles. The van der Waals surface area contributed by atoms with Gasteiger partial charge < -0.3 is 10.6 Å². The lowest BCUT2D eigenvalue weighted by molar-refractivity contribution is -0.133. The number of amides is 2. The number of carbonyl (C=O) groups is 2. The van der Waals surface area contributed by atoms with E-state index in [9.17, 15) is 18.4 Å². The molecule has 1 aromatic rings.